The maximum atomic E-state index is 10.9. The van der Waals surface area contributed by atoms with Gasteiger partial charge < -0.3 is 10.4 Å². The van der Waals surface area contributed by atoms with Gasteiger partial charge in [0.05, 0.1) is 9.21 Å². The van der Waals surface area contributed by atoms with E-state index in [9.17, 15) is 5.11 Å². The molecule has 132 valence electrons. The fourth-order valence-corrected chi connectivity index (χ4v) is 3.82. The maximum Gasteiger partial charge on any atom is 0.288 e. The minimum atomic E-state index is 0.0685. The van der Waals surface area contributed by atoms with Gasteiger partial charge in [0.2, 0.25) is 5.76 Å². The highest BCUT2D eigenvalue weighted by Gasteiger charge is 2.30. The van der Waals surface area contributed by atoms with Crippen LogP contribution in [0.25, 0.3) is 11.5 Å². The van der Waals surface area contributed by atoms with Crippen molar-refractivity contribution < 1.29 is 9.67 Å². The molecule has 3 nitrogen and oxygen atoms in total. The zero-order valence-electron chi connectivity index (χ0n) is 14.5. The van der Waals surface area contributed by atoms with E-state index in [1.54, 1.807) is 6.07 Å². The molecule has 0 unspecified atom stereocenters. The Morgan fingerprint density at radius 2 is 1.88 bits per heavy atom. The average molecular weight is 394 g/mol. The van der Waals surface area contributed by atoms with Gasteiger partial charge in [0.1, 0.15) is 0 Å². The standard InChI is InChI=1S/C19H21ClN2OS2/c1-19(2,3)12-8-10-22(11-9-12)16(18(24)21-13-4-5-13)17(23)14-6-7-15(20)25-14/h6-11,13H,4-5H2,1-3H3,(H-,21,23,24)/p+1. The van der Waals surface area contributed by atoms with E-state index < -0.39 is 0 Å². The number of nitrogens with one attached hydrogen (secondary N) is 1. The van der Waals surface area contributed by atoms with Crippen LogP contribution in [-0.4, -0.2) is 16.1 Å². The van der Waals surface area contributed by atoms with E-state index in [0.29, 0.717) is 25.9 Å². The minimum absolute atomic E-state index is 0.0685. The summed E-state index contributed by atoms with van der Waals surface area (Å²) in [5.41, 5.74) is 1.88. The lowest BCUT2D eigenvalue weighted by Gasteiger charge is -2.17. The van der Waals surface area contributed by atoms with Crippen molar-refractivity contribution in [3.05, 3.63) is 51.4 Å². The summed E-state index contributed by atoms with van der Waals surface area (Å²) in [4.78, 5) is 1.25. The summed E-state index contributed by atoms with van der Waals surface area (Å²) in [6, 6.07) is 8.13. The van der Waals surface area contributed by atoms with Crippen molar-refractivity contribution in [1.82, 2.24) is 5.32 Å². The highest BCUT2D eigenvalue weighted by molar-refractivity contribution is 7.81. The van der Waals surface area contributed by atoms with E-state index in [4.69, 9.17) is 23.8 Å². The Hall–Kier alpha value is -1.43. The number of aromatic nitrogens is 1. The minimum Gasteiger partial charge on any atom is -0.501 e. The van der Waals surface area contributed by atoms with Gasteiger partial charge in [-0.25, -0.2) is 0 Å². The number of pyridine rings is 1. The van der Waals surface area contributed by atoms with Gasteiger partial charge in [0.25, 0.3) is 5.70 Å². The number of thiocarbonyl (C=S) groups is 1. The molecule has 1 saturated carbocycles. The molecule has 1 aliphatic rings. The van der Waals surface area contributed by atoms with Crippen LogP contribution in [0.5, 0.6) is 0 Å². The zero-order chi connectivity index (χ0) is 18.2. The van der Waals surface area contributed by atoms with Gasteiger partial charge in [0.15, 0.2) is 17.4 Å². The second-order valence-corrected chi connectivity index (χ2v) is 9.42. The summed E-state index contributed by atoms with van der Waals surface area (Å²) in [6.45, 7) is 6.52. The molecule has 0 saturated heterocycles. The Balaban J connectivity index is 2.02. The van der Waals surface area contributed by atoms with Crippen molar-refractivity contribution >= 4 is 51.6 Å². The molecule has 0 aliphatic heterocycles. The van der Waals surface area contributed by atoms with Crippen molar-refractivity contribution in [2.24, 2.45) is 0 Å². The summed E-state index contributed by atoms with van der Waals surface area (Å²) >= 11 is 12.9. The first-order valence-corrected chi connectivity index (χ1v) is 9.88. The van der Waals surface area contributed by atoms with Crippen molar-refractivity contribution in [3.63, 3.8) is 0 Å². The first-order chi connectivity index (χ1) is 11.8. The van der Waals surface area contributed by atoms with Crippen molar-refractivity contribution in [1.29, 1.82) is 0 Å². The SMILES string of the molecule is CC(C)(C)c1cc[n+](/C(C(=S)NC2CC2)=C(\O)c2ccc(Cl)s2)cc1. The number of hydrogen-bond donors (Lipinski definition) is 2. The van der Waals surface area contributed by atoms with Gasteiger partial charge >= 0.3 is 0 Å². The van der Waals surface area contributed by atoms with E-state index in [1.807, 2.05) is 23.0 Å². The van der Waals surface area contributed by atoms with Crippen LogP contribution in [0.3, 0.4) is 0 Å². The fourth-order valence-electron chi connectivity index (χ4n) is 2.46. The Kier molecular flexibility index (Phi) is 5.19. The summed E-state index contributed by atoms with van der Waals surface area (Å²) in [6.07, 6.45) is 6.13. The average Bonchev–Trinajstić information content (AvgIpc) is 3.24. The number of aliphatic hydroxyl groups excluding tert-OH is 1. The van der Waals surface area contributed by atoms with Crippen molar-refractivity contribution in [2.75, 3.05) is 0 Å². The number of halogens is 1. The summed E-state index contributed by atoms with van der Waals surface area (Å²) in [5, 5.41) is 14.2. The molecule has 2 aromatic rings. The molecule has 6 heteroatoms. The Morgan fingerprint density at radius 1 is 1.24 bits per heavy atom. The Morgan fingerprint density at radius 3 is 2.36 bits per heavy atom. The van der Waals surface area contributed by atoms with Crippen LogP contribution in [0.2, 0.25) is 4.34 Å². The highest BCUT2D eigenvalue weighted by Crippen LogP contribution is 2.29. The van der Waals surface area contributed by atoms with Gasteiger partial charge in [-0.1, -0.05) is 44.6 Å². The number of rotatable bonds is 4. The third-order valence-electron chi connectivity index (χ3n) is 4.11. The summed E-state index contributed by atoms with van der Waals surface area (Å²) in [7, 11) is 0. The number of aliphatic hydroxyl groups is 1. The lowest BCUT2D eigenvalue weighted by atomic mass is 9.88. The zero-order valence-corrected chi connectivity index (χ0v) is 16.9. The molecule has 0 bridgehead atoms. The molecule has 2 N–H and O–H groups in total. The lowest BCUT2D eigenvalue weighted by Crippen LogP contribution is -2.41. The molecule has 0 spiro atoms. The summed E-state index contributed by atoms with van der Waals surface area (Å²) in [5.74, 6) is 0.142. The van der Waals surface area contributed by atoms with Crippen LogP contribution in [-0.2, 0) is 5.41 Å². The topological polar surface area (TPSA) is 36.1 Å². The van der Waals surface area contributed by atoms with Crippen LogP contribution in [0.15, 0.2) is 36.7 Å². The number of thiophene rings is 1. The van der Waals surface area contributed by atoms with Gasteiger partial charge in [-0.15, -0.1) is 11.3 Å². The van der Waals surface area contributed by atoms with Crippen LogP contribution < -0.4 is 9.88 Å². The van der Waals surface area contributed by atoms with Gasteiger partial charge in [-0.2, -0.15) is 4.57 Å². The Bertz CT molecular complexity index is 815. The van der Waals surface area contributed by atoms with Crippen LogP contribution in [0.4, 0.5) is 0 Å². The van der Waals surface area contributed by atoms with E-state index in [1.165, 1.54) is 16.9 Å². The fraction of sp³-hybridized carbons (Fsp3) is 0.368. The van der Waals surface area contributed by atoms with E-state index in [2.05, 4.69) is 38.2 Å². The van der Waals surface area contributed by atoms with E-state index in [0.717, 1.165) is 12.8 Å². The smallest absolute Gasteiger partial charge is 0.288 e. The molecular weight excluding hydrogens is 372 g/mol. The molecular formula is C19H22ClN2OS2+. The molecule has 0 amide bonds. The quantitative estimate of drug-likeness (QED) is 0.334. The largest absolute Gasteiger partial charge is 0.501 e. The molecule has 25 heavy (non-hydrogen) atoms. The first kappa shape index (κ1) is 18.4. The molecule has 3 rings (SSSR count). The Labute approximate surface area is 163 Å². The van der Waals surface area contributed by atoms with Crippen molar-refractivity contribution in [3.8, 4) is 0 Å². The monoisotopic (exact) mass is 393 g/mol. The van der Waals surface area contributed by atoms with Crippen molar-refractivity contribution in [2.45, 2.75) is 45.1 Å². The van der Waals surface area contributed by atoms with Gasteiger partial charge in [0, 0.05) is 18.2 Å². The van der Waals surface area contributed by atoms with Crippen LogP contribution >= 0.6 is 35.2 Å². The van der Waals surface area contributed by atoms with Crippen LogP contribution in [0, 0.1) is 0 Å². The summed E-state index contributed by atoms with van der Waals surface area (Å²) < 4.78 is 2.51. The van der Waals surface area contributed by atoms with Gasteiger partial charge in [-0.3, -0.25) is 0 Å². The third-order valence-corrected chi connectivity index (χ3v) is 5.66. The predicted molar refractivity (Wildman–Crippen MR) is 109 cm³/mol. The number of nitrogens with zero attached hydrogens (tertiary/aromatic N) is 1. The molecule has 2 aromatic heterocycles. The third kappa shape index (κ3) is 4.40. The molecule has 1 aliphatic carbocycles. The van der Waals surface area contributed by atoms with Crippen LogP contribution in [0.1, 0.15) is 44.1 Å². The number of hydrogen-bond acceptors (Lipinski definition) is 3. The van der Waals surface area contributed by atoms with E-state index >= 15 is 0 Å². The lowest BCUT2D eigenvalue weighted by molar-refractivity contribution is -0.576. The normalized spacial score (nSPS) is 15.7. The molecule has 0 atom stereocenters. The molecule has 0 aromatic carbocycles. The molecule has 1 fully saturated rings. The highest BCUT2D eigenvalue weighted by atomic mass is 35.5. The molecule has 0 radical (unpaired) electrons. The van der Waals surface area contributed by atoms with E-state index in [-0.39, 0.29) is 11.2 Å². The second-order valence-electron chi connectivity index (χ2n) is 7.29. The maximum absolute atomic E-state index is 10.9. The van der Waals surface area contributed by atoms with Gasteiger partial charge in [-0.05, 0) is 36.0 Å². The molecule has 2 heterocycles. The first-order valence-electron chi connectivity index (χ1n) is 8.27. The second kappa shape index (κ2) is 7.06. The predicted octanol–water partition coefficient (Wildman–Crippen LogP) is 4.95.